The standard InChI is InChI=1S/2C13H10.2C9H7.2C7H9.2ClH.2Zr/c2*1-3-7-12(8-4-1)11-13-9-5-2-6-10-13;2*1-2-5-9-7-3-6-8(9)4-1;2*1-6-4-3-5-7(6)2;;;;/h2*1-10H;2*1-7H;2*4H,5H2,1-2H3;2*1H;;/q;;4*-1;;;2*+2/p-2. The summed E-state index contributed by atoms with van der Waals surface area (Å²) in [6.07, 6.45) is 12.4. The normalized spacial score (nSPS) is 11.7. The maximum atomic E-state index is 3.12. The maximum Gasteiger partial charge on any atom is -0.0809 e. The van der Waals surface area contributed by atoms with Crippen LogP contribution < -0.4 is 24.8 Å². The molecule has 2 aliphatic carbocycles. The molecule has 0 fully saturated rings. The van der Waals surface area contributed by atoms with Gasteiger partial charge in [-0.3, -0.25) is 12.2 Å². The first kappa shape index (κ1) is 51.9. The summed E-state index contributed by atoms with van der Waals surface area (Å²) < 4.78 is 2.83. The van der Waals surface area contributed by atoms with E-state index in [1.165, 1.54) is 121 Å². The third-order valence-electron chi connectivity index (χ3n) is 10.1. The van der Waals surface area contributed by atoms with Crippen LogP contribution in [0.2, 0.25) is 0 Å². The Balaban J connectivity index is 0.000000201. The van der Waals surface area contributed by atoms with E-state index in [-0.39, 0.29) is 24.8 Å². The topological polar surface area (TPSA) is 0 Å². The second-order valence-electron chi connectivity index (χ2n) is 14.5. The molecule has 0 radical (unpaired) electrons. The van der Waals surface area contributed by atoms with E-state index in [1.54, 1.807) is 0 Å². The molecule has 0 amide bonds. The first-order valence-electron chi connectivity index (χ1n) is 20.4. The molecular formula is C58H52Cl2Zr2-2. The smallest absolute Gasteiger partial charge is 0.0809 e. The van der Waals surface area contributed by atoms with Crippen molar-refractivity contribution < 1.29 is 73.3 Å². The molecular weight excluding hydrogens is 950 g/mol. The molecule has 4 heteroatoms. The molecule has 62 heavy (non-hydrogen) atoms. The minimum absolute atomic E-state index is 0. The molecule has 0 saturated carbocycles. The van der Waals surface area contributed by atoms with Gasteiger partial charge in [0, 0.05) is 0 Å². The van der Waals surface area contributed by atoms with Gasteiger partial charge in [-0.05, 0) is 0 Å². The molecule has 308 valence electrons. The van der Waals surface area contributed by atoms with Crippen LogP contribution in [0.3, 0.4) is 0 Å². The monoisotopic (exact) mass is 998 g/mol. The third-order valence-corrected chi connectivity index (χ3v) is 12.9. The summed E-state index contributed by atoms with van der Waals surface area (Å²) in [5.41, 5.74) is 11.0. The molecule has 0 aliphatic heterocycles. The Hall–Kier alpha value is -4.41. The largest absolute Gasteiger partial charge is 0.168 e. The Morgan fingerprint density at radius 1 is 0.387 bits per heavy atom. The van der Waals surface area contributed by atoms with E-state index >= 15 is 0 Å². The summed E-state index contributed by atoms with van der Waals surface area (Å²) in [7, 11) is 0. The Morgan fingerprint density at radius 3 is 0.887 bits per heavy atom. The first-order chi connectivity index (χ1) is 29.3. The van der Waals surface area contributed by atoms with Gasteiger partial charge in [-0.15, -0.1) is 86.0 Å². The van der Waals surface area contributed by atoms with Crippen LogP contribution in [0.5, 0.6) is 0 Å². The van der Waals surface area contributed by atoms with E-state index in [2.05, 4.69) is 258 Å². The van der Waals surface area contributed by atoms with E-state index in [4.69, 9.17) is 0 Å². The van der Waals surface area contributed by atoms with Crippen molar-refractivity contribution in [2.24, 2.45) is 0 Å². The summed E-state index contributed by atoms with van der Waals surface area (Å²) in [6.45, 7) is 8.53. The Kier molecular flexibility index (Phi) is 24.3. The van der Waals surface area contributed by atoms with Crippen LogP contribution in [0.15, 0.2) is 241 Å². The van der Waals surface area contributed by atoms with Crippen molar-refractivity contribution in [2.75, 3.05) is 0 Å². The number of allylic oxidation sites excluding steroid dienone is 8. The molecule has 8 aromatic rings. The molecule has 8 aromatic carbocycles. The summed E-state index contributed by atoms with van der Waals surface area (Å²) in [4.78, 5) is 0. The van der Waals surface area contributed by atoms with Gasteiger partial charge in [0.15, 0.2) is 0 Å². The van der Waals surface area contributed by atoms with Crippen LogP contribution in [-0.4, -0.2) is 6.41 Å². The molecule has 0 atom stereocenters. The van der Waals surface area contributed by atoms with Gasteiger partial charge in [0.1, 0.15) is 0 Å². The third kappa shape index (κ3) is 17.4. The number of halogens is 2. The molecule has 0 unspecified atom stereocenters. The van der Waals surface area contributed by atoms with Crippen LogP contribution in [0, 0.1) is 12.2 Å². The average Bonchev–Trinajstić information content (AvgIpc) is 4.15. The second kappa shape index (κ2) is 29.0. The van der Waals surface area contributed by atoms with Crippen LogP contribution >= 0.6 is 0 Å². The van der Waals surface area contributed by atoms with Crippen LogP contribution in [0.25, 0.3) is 21.5 Å². The Bertz CT molecular complexity index is 2310. The van der Waals surface area contributed by atoms with Crippen molar-refractivity contribution in [3.05, 3.63) is 275 Å². The molecule has 0 nitrogen and oxygen atoms in total. The Labute approximate surface area is 413 Å². The summed E-state index contributed by atoms with van der Waals surface area (Å²) in [5.74, 6) is 0. The zero-order valence-electron chi connectivity index (χ0n) is 36.0. The fourth-order valence-corrected chi connectivity index (χ4v) is 7.77. The minimum atomic E-state index is 0. The summed E-state index contributed by atoms with van der Waals surface area (Å²) in [5, 5.41) is 5.32. The second-order valence-corrected chi connectivity index (χ2v) is 17.0. The van der Waals surface area contributed by atoms with Crippen molar-refractivity contribution in [2.45, 2.75) is 40.5 Å². The van der Waals surface area contributed by atoms with E-state index < -0.39 is 0 Å². The predicted octanol–water partition coefficient (Wildman–Crippen LogP) is 8.90. The van der Waals surface area contributed by atoms with Crippen molar-refractivity contribution in [3.8, 4) is 0 Å². The quantitative estimate of drug-likeness (QED) is 0.155. The first-order valence-corrected chi connectivity index (χ1v) is 22.8. The summed E-state index contributed by atoms with van der Waals surface area (Å²) >= 11 is 2.92. The van der Waals surface area contributed by atoms with E-state index in [0.29, 0.717) is 0 Å². The van der Waals surface area contributed by atoms with Gasteiger partial charge in [0.05, 0.1) is 0 Å². The maximum absolute atomic E-state index is 3.12. The van der Waals surface area contributed by atoms with Gasteiger partial charge in [0.2, 0.25) is 0 Å². The molecule has 0 bridgehead atoms. The SMILES string of the molecule is CC1=C(C)C[C-]=C1.CC1=C(C)C[C-]=C1.[Cl-].[Cl-].[Zr+2]=[C](c1ccccc1)c1ccccc1.[Zr+2]=[C](c1ccccc1)c1ccccc1.c1ccc2[cH-]ccc2c1.c1ccc2[cH-]ccc2c1. The van der Waals surface area contributed by atoms with Crippen molar-refractivity contribution >= 4 is 28.0 Å². The minimum Gasteiger partial charge on any atom is -0.168 e. The van der Waals surface area contributed by atoms with Gasteiger partial charge < -0.3 is 24.8 Å². The zero-order chi connectivity index (χ0) is 42.4. The predicted molar refractivity (Wildman–Crippen MR) is 253 cm³/mol. The fourth-order valence-electron chi connectivity index (χ4n) is 6.13. The fraction of sp³-hybridized carbons (Fsp3) is 0.103. The molecule has 0 spiro atoms. The number of fused-ring (bicyclic) bond motifs is 2. The van der Waals surface area contributed by atoms with Gasteiger partial charge in [0.25, 0.3) is 0 Å². The molecule has 0 aromatic heterocycles. The average molecular weight is 1000 g/mol. The van der Waals surface area contributed by atoms with E-state index in [1.807, 2.05) is 0 Å². The number of hydrogen-bond donors (Lipinski definition) is 0. The number of hydrogen-bond acceptors (Lipinski definition) is 0. The number of benzene rings is 6. The van der Waals surface area contributed by atoms with Gasteiger partial charge in [-0.2, -0.15) is 46.2 Å². The van der Waals surface area contributed by atoms with Crippen molar-refractivity contribution in [3.63, 3.8) is 0 Å². The van der Waals surface area contributed by atoms with Crippen molar-refractivity contribution in [1.82, 2.24) is 0 Å². The van der Waals surface area contributed by atoms with Crippen LogP contribution in [-0.2, 0) is 48.5 Å². The molecule has 2 aliphatic rings. The van der Waals surface area contributed by atoms with E-state index in [0.717, 1.165) is 12.8 Å². The van der Waals surface area contributed by atoms with Gasteiger partial charge >= 0.3 is 198 Å². The molecule has 10 rings (SSSR count). The summed E-state index contributed by atoms with van der Waals surface area (Å²) in [6, 6.07) is 71.6. The number of rotatable bonds is 4. The molecule has 0 heterocycles. The van der Waals surface area contributed by atoms with Crippen LogP contribution in [0.1, 0.15) is 62.8 Å². The zero-order valence-corrected chi connectivity index (χ0v) is 42.4. The van der Waals surface area contributed by atoms with Gasteiger partial charge in [-0.1, -0.05) is 26.0 Å². The Morgan fingerprint density at radius 2 is 0.661 bits per heavy atom. The molecule has 0 N–H and O–H groups in total. The van der Waals surface area contributed by atoms with Crippen molar-refractivity contribution in [1.29, 1.82) is 0 Å². The molecule has 0 saturated heterocycles. The van der Waals surface area contributed by atoms with Crippen LogP contribution in [0.4, 0.5) is 0 Å². The van der Waals surface area contributed by atoms with E-state index in [9.17, 15) is 0 Å². The van der Waals surface area contributed by atoms with Gasteiger partial charge in [-0.25, -0.2) is 23.3 Å².